The predicted molar refractivity (Wildman–Crippen MR) is 105 cm³/mol. The van der Waals surface area contributed by atoms with Crippen LogP contribution >= 0.6 is 0 Å². The van der Waals surface area contributed by atoms with E-state index in [9.17, 15) is 18.0 Å². The predicted octanol–water partition coefficient (Wildman–Crippen LogP) is 3.83. The van der Waals surface area contributed by atoms with Crippen molar-refractivity contribution in [2.24, 2.45) is 7.05 Å². The van der Waals surface area contributed by atoms with Gasteiger partial charge in [0.25, 0.3) is 0 Å². The van der Waals surface area contributed by atoms with Crippen LogP contribution < -0.4 is 5.32 Å². The Morgan fingerprint density at radius 3 is 2.87 bits per heavy atom. The van der Waals surface area contributed by atoms with E-state index in [2.05, 4.69) is 20.4 Å². The molecule has 2 atom stereocenters. The molecule has 10 heteroatoms. The zero-order valence-electron chi connectivity index (χ0n) is 16.6. The minimum Gasteiger partial charge on any atom is -0.333 e. The van der Waals surface area contributed by atoms with E-state index in [1.54, 1.807) is 22.0 Å². The number of halogens is 3. The Morgan fingerprint density at radius 1 is 1.33 bits per heavy atom. The summed E-state index contributed by atoms with van der Waals surface area (Å²) in [7, 11) is 1.82. The van der Waals surface area contributed by atoms with Gasteiger partial charge >= 0.3 is 6.18 Å². The van der Waals surface area contributed by atoms with Gasteiger partial charge in [-0.3, -0.25) is 9.48 Å². The molecule has 30 heavy (non-hydrogen) atoms. The first-order valence-corrected chi connectivity index (χ1v) is 9.96. The Kier molecular flexibility index (Phi) is 5.48. The summed E-state index contributed by atoms with van der Waals surface area (Å²) in [6.07, 6.45) is 4.15. The van der Waals surface area contributed by atoms with E-state index in [-0.39, 0.29) is 30.8 Å². The van der Waals surface area contributed by atoms with Gasteiger partial charge in [-0.2, -0.15) is 18.3 Å². The average Bonchev–Trinajstić information content (AvgIpc) is 3.20. The number of carbonyl (C=O) groups excluding carboxylic acids is 1. The van der Waals surface area contributed by atoms with E-state index in [1.807, 2.05) is 25.4 Å². The SMILES string of the molecule is Cn1cc(Nc2nccc(C3=CC4CCC(C3)N4C(=O)CCCC(F)(F)F)n2)cn1. The third-order valence-electron chi connectivity index (χ3n) is 5.48. The van der Waals surface area contributed by atoms with Crippen molar-refractivity contribution in [1.29, 1.82) is 0 Å². The van der Waals surface area contributed by atoms with E-state index in [1.165, 1.54) is 0 Å². The van der Waals surface area contributed by atoms with Crippen molar-refractivity contribution < 1.29 is 18.0 Å². The Hall–Kier alpha value is -2.91. The Bertz CT molecular complexity index is 954. The molecule has 1 fully saturated rings. The van der Waals surface area contributed by atoms with Crippen LogP contribution in [0.15, 0.2) is 30.7 Å². The minimum absolute atomic E-state index is 0.0121. The van der Waals surface area contributed by atoms with Crippen LogP contribution in [0.3, 0.4) is 0 Å². The number of anilines is 2. The highest BCUT2D eigenvalue weighted by molar-refractivity contribution is 5.80. The van der Waals surface area contributed by atoms with Crippen molar-refractivity contribution in [3.05, 3.63) is 36.4 Å². The molecule has 2 aliphatic rings. The molecular formula is C20H23F3N6O. The number of hydrogen-bond donors (Lipinski definition) is 1. The topological polar surface area (TPSA) is 75.9 Å². The van der Waals surface area contributed by atoms with Gasteiger partial charge in [0.2, 0.25) is 11.9 Å². The second-order valence-electron chi connectivity index (χ2n) is 7.76. The summed E-state index contributed by atoms with van der Waals surface area (Å²) in [5, 5.41) is 7.22. The van der Waals surface area contributed by atoms with Gasteiger partial charge < -0.3 is 10.2 Å². The van der Waals surface area contributed by atoms with Crippen LogP contribution in [0.4, 0.5) is 24.8 Å². The normalized spacial score (nSPS) is 20.9. The van der Waals surface area contributed by atoms with Gasteiger partial charge in [-0.1, -0.05) is 6.08 Å². The third kappa shape index (κ3) is 4.63. The van der Waals surface area contributed by atoms with Crippen molar-refractivity contribution in [3.8, 4) is 0 Å². The highest BCUT2D eigenvalue weighted by atomic mass is 19.4. The summed E-state index contributed by atoms with van der Waals surface area (Å²) in [5.74, 6) is 0.267. The number of nitrogens with zero attached hydrogens (tertiary/aromatic N) is 5. The van der Waals surface area contributed by atoms with E-state index in [0.29, 0.717) is 12.4 Å². The van der Waals surface area contributed by atoms with Crippen molar-refractivity contribution in [2.75, 3.05) is 5.32 Å². The number of nitrogens with one attached hydrogen (secondary N) is 1. The third-order valence-corrected chi connectivity index (χ3v) is 5.48. The number of hydrogen-bond acceptors (Lipinski definition) is 5. The molecule has 2 aromatic heterocycles. The lowest BCUT2D eigenvalue weighted by atomic mass is 9.97. The number of carbonyl (C=O) groups is 1. The average molecular weight is 420 g/mol. The number of aryl methyl sites for hydroxylation is 1. The first-order valence-electron chi connectivity index (χ1n) is 9.96. The second-order valence-corrected chi connectivity index (χ2v) is 7.76. The number of rotatable bonds is 6. The molecule has 160 valence electrons. The fourth-order valence-corrected chi connectivity index (χ4v) is 4.19. The molecule has 0 aromatic carbocycles. The first-order chi connectivity index (χ1) is 14.3. The van der Waals surface area contributed by atoms with Crippen LogP contribution in [0.2, 0.25) is 0 Å². The van der Waals surface area contributed by atoms with Gasteiger partial charge in [-0.15, -0.1) is 0 Å². The Balaban J connectivity index is 1.44. The molecule has 4 heterocycles. The summed E-state index contributed by atoms with van der Waals surface area (Å²) in [6.45, 7) is 0. The van der Waals surface area contributed by atoms with E-state index in [4.69, 9.17) is 0 Å². The zero-order valence-corrected chi connectivity index (χ0v) is 16.6. The molecule has 0 radical (unpaired) electrons. The van der Waals surface area contributed by atoms with Crippen molar-refractivity contribution in [2.45, 2.75) is 56.8 Å². The molecule has 0 saturated carbocycles. The Morgan fingerprint density at radius 2 is 2.17 bits per heavy atom. The highest BCUT2D eigenvalue weighted by Crippen LogP contribution is 2.39. The fraction of sp³-hybridized carbons (Fsp3) is 0.500. The molecule has 1 N–H and O–H groups in total. The summed E-state index contributed by atoms with van der Waals surface area (Å²) >= 11 is 0. The van der Waals surface area contributed by atoms with Gasteiger partial charge in [-0.25, -0.2) is 9.97 Å². The lowest BCUT2D eigenvalue weighted by Gasteiger charge is -2.34. The summed E-state index contributed by atoms with van der Waals surface area (Å²) in [6, 6.07) is 1.76. The van der Waals surface area contributed by atoms with Crippen molar-refractivity contribution in [1.82, 2.24) is 24.6 Å². The molecule has 1 amide bonds. The van der Waals surface area contributed by atoms with Gasteiger partial charge in [0, 0.05) is 38.3 Å². The lowest BCUT2D eigenvalue weighted by molar-refractivity contribution is -0.141. The maximum absolute atomic E-state index is 12.5. The maximum Gasteiger partial charge on any atom is 0.389 e. The van der Waals surface area contributed by atoms with Crippen molar-refractivity contribution >= 4 is 23.1 Å². The molecule has 4 rings (SSSR count). The quantitative estimate of drug-likeness (QED) is 0.769. The van der Waals surface area contributed by atoms with Gasteiger partial charge in [-0.05, 0) is 37.3 Å². The molecule has 0 spiro atoms. The number of amides is 1. The number of alkyl halides is 3. The second kappa shape index (κ2) is 8.08. The fourth-order valence-electron chi connectivity index (χ4n) is 4.19. The van der Waals surface area contributed by atoms with Crippen LogP contribution in [-0.4, -0.2) is 48.8 Å². The monoisotopic (exact) mass is 420 g/mol. The zero-order chi connectivity index (χ0) is 21.3. The van der Waals surface area contributed by atoms with Crippen LogP contribution in [-0.2, 0) is 11.8 Å². The minimum atomic E-state index is -4.22. The van der Waals surface area contributed by atoms with Crippen molar-refractivity contribution in [3.63, 3.8) is 0 Å². The first kappa shape index (κ1) is 20.4. The van der Waals surface area contributed by atoms with Gasteiger partial charge in [0.05, 0.1) is 23.6 Å². The molecule has 0 aliphatic carbocycles. The van der Waals surface area contributed by atoms with E-state index in [0.717, 1.165) is 29.8 Å². The lowest BCUT2D eigenvalue weighted by Crippen LogP contribution is -2.43. The van der Waals surface area contributed by atoms with Crippen LogP contribution in [0.25, 0.3) is 5.57 Å². The number of aromatic nitrogens is 4. The van der Waals surface area contributed by atoms with Gasteiger partial charge in [0.15, 0.2) is 0 Å². The maximum atomic E-state index is 12.5. The van der Waals surface area contributed by atoms with Crippen LogP contribution in [0.1, 0.15) is 44.2 Å². The van der Waals surface area contributed by atoms with Gasteiger partial charge in [0.1, 0.15) is 0 Å². The van der Waals surface area contributed by atoms with E-state index >= 15 is 0 Å². The molecule has 7 nitrogen and oxygen atoms in total. The van der Waals surface area contributed by atoms with E-state index < -0.39 is 12.6 Å². The summed E-state index contributed by atoms with van der Waals surface area (Å²) < 4.78 is 38.8. The summed E-state index contributed by atoms with van der Waals surface area (Å²) in [5.41, 5.74) is 2.61. The molecular weight excluding hydrogens is 397 g/mol. The Labute approximate surface area is 172 Å². The summed E-state index contributed by atoms with van der Waals surface area (Å²) in [4.78, 5) is 23.1. The molecule has 1 saturated heterocycles. The van der Waals surface area contributed by atoms with Crippen LogP contribution in [0, 0.1) is 0 Å². The molecule has 2 unspecified atom stereocenters. The smallest absolute Gasteiger partial charge is 0.333 e. The molecule has 2 aliphatic heterocycles. The van der Waals surface area contributed by atoms with Crippen LogP contribution in [0.5, 0.6) is 0 Å². The molecule has 2 bridgehead atoms. The number of fused-ring (bicyclic) bond motifs is 2. The highest BCUT2D eigenvalue weighted by Gasteiger charge is 2.40. The standard InChI is InChI=1S/C20H23F3N6O/c1-28-12-14(11-25-28)26-19-24-8-6-17(27-19)13-9-15-4-5-16(10-13)29(15)18(30)3-2-7-20(21,22)23/h6,8-9,11-12,15-16H,2-5,7,10H2,1H3,(H,24,26,27). The largest absolute Gasteiger partial charge is 0.389 e. The molecule has 2 aromatic rings.